The molecule has 0 unspecified atom stereocenters. The van der Waals surface area contributed by atoms with Crippen LogP contribution in [0.5, 0.6) is 5.75 Å². The summed E-state index contributed by atoms with van der Waals surface area (Å²) >= 11 is 1.17. The SMILES string of the molecule is CCc1ccc(Cc2ccccc2O[C@@H]2S[C@H](COC(C)=O)[C@@H](OC(C)=O)[C@H](OC(C)=O)[C@H]2OC(C)=O)cc1. The molecule has 0 spiro atoms. The predicted octanol–water partition coefficient (Wildman–Crippen LogP) is 4.02. The molecule has 10 heteroatoms. The van der Waals surface area contributed by atoms with Crippen LogP contribution >= 0.6 is 11.8 Å². The van der Waals surface area contributed by atoms with Gasteiger partial charge in [0.15, 0.2) is 23.7 Å². The highest BCUT2D eigenvalue weighted by molar-refractivity contribution is 8.00. The van der Waals surface area contributed by atoms with Crippen molar-refractivity contribution in [2.45, 2.75) is 76.5 Å². The number of para-hydroxylation sites is 1. The van der Waals surface area contributed by atoms with Crippen LogP contribution in [-0.2, 0) is 51.0 Å². The Labute approximate surface area is 232 Å². The van der Waals surface area contributed by atoms with Gasteiger partial charge in [-0.05, 0) is 29.2 Å². The molecular formula is C29H34O9S. The first-order valence-electron chi connectivity index (χ1n) is 12.7. The van der Waals surface area contributed by atoms with E-state index in [0.717, 1.165) is 17.5 Å². The van der Waals surface area contributed by atoms with Gasteiger partial charge in [0, 0.05) is 34.1 Å². The van der Waals surface area contributed by atoms with Crippen molar-refractivity contribution < 1.29 is 42.9 Å². The molecule has 1 saturated heterocycles. The zero-order chi connectivity index (χ0) is 28.5. The quantitative estimate of drug-likeness (QED) is 0.313. The molecule has 0 amide bonds. The lowest BCUT2D eigenvalue weighted by molar-refractivity contribution is -0.190. The molecule has 5 atom stereocenters. The average molecular weight is 559 g/mol. The molecule has 2 aromatic rings. The first-order chi connectivity index (χ1) is 18.6. The molecule has 0 N–H and O–H groups in total. The number of esters is 4. The highest BCUT2D eigenvalue weighted by Crippen LogP contribution is 2.40. The fourth-order valence-electron chi connectivity index (χ4n) is 4.29. The number of ether oxygens (including phenoxy) is 5. The van der Waals surface area contributed by atoms with E-state index in [-0.39, 0.29) is 6.61 Å². The fraction of sp³-hybridized carbons (Fsp3) is 0.448. The maximum Gasteiger partial charge on any atom is 0.303 e. The number of thioether (sulfide) groups is 1. The standard InChI is InChI=1S/C29H34O9S/c1-6-21-11-13-22(14-12-21)15-23-9-7-8-10-24(23)38-29-28(37-20(5)33)27(36-19(4)32)26(35-18(3)31)25(39-29)16-34-17(2)30/h7-14,25-29H,6,15-16H2,1-5H3/t25-,26-,27+,28-,29-/m1/s1. The summed E-state index contributed by atoms with van der Waals surface area (Å²) in [5.74, 6) is -1.91. The number of aryl methyl sites for hydroxylation is 1. The van der Waals surface area contributed by atoms with E-state index in [1.165, 1.54) is 45.0 Å². The van der Waals surface area contributed by atoms with E-state index in [9.17, 15) is 19.2 Å². The van der Waals surface area contributed by atoms with Crippen LogP contribution in [0.3, 0.4) is 0 Å². The third-order valence-corrected chi connectivity index (χ3v) is 7.38. The van der Waals surface area contributed by atoms with Gasteiger partial charge in [-0.2, -0.15) is 0 Å². The van der Waals surface area contributed by atoms with Crippen LogP contribution in [0.1, 0.15) is 51.3 Å². The molecule has 0 aromatic heterocycles. The zero-order valence-corrected chi connectivity index (χ0v) is 23.5. The normalized spacial score (nSPS) is 22.3. The lowest BCUT2D eigenvalue weighted by Gasteiger charge is -2.43. The molecule has 0 bridgehead atoms. The lowest BCUT2D eigenvalue weighted by Crippen LogP contribution is -2.59. The molecule has 1 heterocycles. The van der Waals surface area contributed by atoms with Crippen molar-refractivity contribution in [3.63, 3.8) is 0 Å². The maximum atomic E-state index is 12.1. The molecule has 0 saturated carbocycles. The monoisotopic (exact) mass is 558 g/mol. The number of carbonyl (C=O) groups excluding carboxylic acids is 4. The first-order valence-corrected chi connectivity index (χ1v) is 13.6. The Morgan fingerprint density at radius 3 is 1.87 bits per heavy atom. The van der Waals surface area contributed by atoms with Crippen LogP contribution in [0.25, 0.3) is 0 Å². The second kappa shape index (κ2) is 14.0. The van der Waals surface area contributed by atoms with Gasteiger partial charge in [-0.15, -0.1) is 11.8 Å². The summed E-state index contributed by atoms with van der Waals surface area (Å²) < 4.78 is 28.3. The number of hydrogen-bond acceptors (Lipinski definition) is 10. The van der Waals surface area contributed by atoms with E-state index in [2.05, 4.69) is 31.2 Å². The summed E-state index contributed by atoms with van der Waals surface area (Å²) in [6.45, 7) is 6.86. The number of benzene rings is 2. The van der Waals surface area contributed by atoms with Gasteiger partial charge in [0.25, 0.3) is 0 Å². The highest BCUT2D eigenvalue weighted by Gasteiger charge is 2.53. The van der Waals surface area contributed by atoms with E-state index in [1.54, 1.807) is 6.07 Å². The minimum absolute atomic E-state index is 0.145. The van der Waals surface area contributed by atoms with Crippen molar-refractivity contribution in [2.24, 2.45) is 0 Å². The van der Waals surface area contributed by atoms with Gasteiger partial charge in [-0.1, -0.05) is 49.4 Å². The molecule has 1 aliphatic heterocycles. The van der Waals surface area contributed by atoms with Crippen molar-refractivity contribution in [3.05, 3.63) is 65.2 Å². The Balaban J connectivity index is 1.97. The van der Waals surface area contributed by atoms with Gasteiger partial charge in [0.05, 0.1) is 5.25 Å². The van der Waals surface area contributed by atoms with Crippen LogP contribution < -0.4 is 4.74 Å². The summed E-state index contributed by atoms with van der Waals surface area (Å²) in [6, 6.07) is 15.8. The van der Waals surface area contributed by atoms with E-state index in [0.29, 0.717) is 12.2 Å². The van der Waals surface area contributed by atoms with Crippen molar-refractivity contribution in [1.82, 2.24) is 0 Å². The molecule has 0 aliphatic carbocycles. The summed E-state index contributed by atoms with van der Waals surface area (Å²) in [5.41, 5.74) is 2.35. The minimum atomic E-state index is -1.20. The van der Waals surface area contributed by atoms with Crippen LogP contribution in [0, 0.1) is 0 Å². The van der Waals surface area contributed by atoms with Gasteiger partial charge in [0.2, 0.25) is 0 Å². The second-order valence-corrected chi connectivity index (χ2v) is 10.5. The lowest BCUT2D eigenvalue weighted by atomic mass is 10.0. The highest BCUT2D eigenvalue weighted by atomic mass is 32.2. The van der Waals surface area contributed by atoms with Crippen LogP contribution in [-0.4, -0.2) is 59.5 Å². The van der Waals surface area contributed by atoms with E-state index >= 15 is 0 Å². The van der Waals surface area contributed by atoms with Crippen molar-refractivity contribution in [3.8, 4) is 5.75 Å². The molecule has 2 aromatic carbocycles. The smallest absolute Gasteiger partial charge is 0.303 e. The van der Waals surface area contributed by atoms with Gasteiger partial charge < -0.3 is 23.7 Å². The first kappa shape index (κ1) is 30.0. The second-order valence-electron chi connectivity index (χ2n) is 9.14. The van der Waals surface area contributed by atoms with Gasteiger partial charge in [-0.3, -0.25) is 19.2 Å². The Kier molecular flexibility index (Phi) is 10.8. The third kappa shape index (κ3) is 8.74. The molecule has 0 radical (unpaired) electrons. The average Bonchev–Trinajstić information content (AvgIpc) is 2.87. The Morgan fingerprint density at radius 1 is 0.718 bits per heavy atom. The van der Waals surface area contributed by atoms with E-state index in [4.69, 9.17) is 23.7 Å². The van der Waals surface area contributed by atoms with Crippen molar-refractivity contribution >= 4 is 35.6 Å². The van der Waals surface area contributed by atoms with Gasteiger partial charge in [0.1, 0.15) is 12.4 Å². The third-order valence-electron chi connectivity index (χ3n) is 5.99. The number of hydrogen-bond donors (Lipinski definition) is 0. The molecule has 39 heavy (non-hydrogen) atoms. The molecular weight excluding hydrogens is 524 g/mol. The fourth-order valence-corrected chi connectivity index (χ4v) is 5.67. The van der Waals surface area contributed by atoms with E-state index < -0.39 is 52.9 Å². The number of rotatable bonds is 10. The summed E-state index contributed by atoms with van der Waals surface area (Å²) in [7, 11) is 0. The van der Waals surface area contributed by atoms with Gasteiger partial charge in [-0.25, -0.2) is 0 Å². The number of carbonyl (C=O) groups is 4. The molecule has 210 valence electrons. The topological polar surface area (TPSA) is 114 Å². The Morgan fingerprint density at radius 2 is 1.28 bits per heavy atom. The van der Waals surface area contributed by atoms with E-state index in [1.807, 2.05) is 18.2 Å². The molecule has 1 fully saturated rings. The van der Waals surface area contributed by atoms with Crippen LogP contribution in [0.2, 0.25) is 0 Å². The zero-order valence-electron chi connectivity index (χ0n) is 22.7. The summed E-state index contributed by atoms with van der Waals surface area (Å²) in [6.07, 6.45) is -1.84. The Hall–Kier alpha value is -3.53. The van der Waals surface area contributed by atoms with Crippen molar-refractivity contribution in [1.29, 1.82) is 0 Å². The molecule has 3 rings (SSSR count). The largest absolute Gasteiger partial charge is 0.475 e. The Bertz CT molecular complexity index is 1160. The maximum absolute atomic E-state index is 12.1. The van der Waals surface area contributed by atoms with Crippen LogP contribution in [0.4, 0.5) is 0 Å². The van der Waals surface area contributed by atoms with Crippen molar-refractivity contribution in [2.75, 3.05) is 6.61 Å². The molecule has 9 nitrogen and oxygen atoms in total. The predicted molar refractivity (Wildman–Crippen MR) is 144 cm³/mol. The summed E-state index contributed by atoms with van der Waals surface area (Å²) in [4.78, 5) is 47.8. The minimum Gasteiger partial charge on any atom is -0.475 e. The van der Waals surface area contributed by atoms with Gasteiger partial charge >= 0.3 is 23.9 Å². The summed E-state index contributed by atoms with van der Waals surface area (Å²) in [5, 5.41) is -0.673. The van der Waals surface area contributed by atoms with Crippen LogP contribution in [0.15, 0.2) is 48.5 Å². The molecule has 1 aliphatic rings.